The third-order valence-electron chi connectivity index (χ3n) is 5.81. The van der Waals surface area contributed by atoms with Crippen LogP contribution in [0.2, 0.25) is 0 Å². The predicted octanol–water partition coefficient (Wildman–Crippen LogP) is 2.63. The minimum absolute atomic E-state index is 0. The van der Waals surface area contributed by atoms with Gasteiger partial charge >= 0.3 is 0 Å². The number of aryl methyl sites for hydroxylation is 1. The molecule has 2 aromatic rings. The Kier molecular flexibility index (Phi) is 5.63. The Morgan fingerprint density at radius 2 is 2.00 bits per heavy atom. The second-order valence-electron chi connectivity index (χ2n) is 7.52. The van der Waals surface area contributed by atoms with E-state index in [-0.39, 0.29) is 24.4 Å². The van der Waals surface area contributed by atoms with Gasteiger partial charge in [0.15, 0.2) is 0 Å². The van der Waals surface area contributed by atoms with E-state index in [9.17, 15) is 4.79 Å². The molecule has 3 N–H and O–H groups in total. The molecule has 1 aromatic heterocycles. The summed E-state index contributed by atoms with van der Waals surface area (Å²) in [7, 11) is 0. The van der Waals surface area contributed by atoms with Crippen LogP contribution in [0.1, 0.15) is 48.0 Å². The highest BCUT2D eigenvalue weighted by Crippen LogP contribution is 2.39. The van der Waals surface area contributed by atoms with E-state index in [0.29, 0.717) is 17.9 Å². The van der Waals surface area contributed by atoms with Crippen molar-refractivity contribution in [3.63, 3.8) is 0 Å². The zero-order valence-corrected chi connectivity index (χ0v) is 15.8. The molecule has 4 rings (SSSR count). The van der Waals surface area contributed by atoms with E-state index >= 15 is 0 Å². The molecule has 2 aliphatic carbocycles. The maximum absolute atomic E-state index is 12.9. The molecule has 2 bridgehead atoms. The van der Waals surface area contributed by atoms with E-state index in [0.717, 1.165) is 29.7 Å². The molecule has 6 nitrogen and oxygen atoms in total. The summed E-state index contributed by atoms with van der Waals surface area (Å²) in [5.41, 5.74) is 8.78. The van der Waals surface area contributed by atoms with Crippen LogP contribution in [0, 0.1) is 18.8 Å². The van der Waals surface area contributed by atoms with Crippen LogP contribution in [-0.4, -0.2) is 32.8 Å². The number of hydrogen-bond donors (Lipinski definition) is 2. The van der Waals surface area contributed by atoms with Gasteiger partial charge in [-0.05, 0) is 68.2 Å². The molecule has 1 aromatic carbocycles. The van der Waals surface area contributed by atoms with E-state index in [1.807, 2.05) is 25.1 Å². The molecule has 1 amide bonds. The first kappa shape index (κ1) is 18.9. The number of rotatable bonds is 3. The van der Waals surface area contributed by atoms with E-state index in [1.54, 1.807) is 11.0 Å². The Morgan fingerprint density at radius 3 is 2.62 bits per heavy atom. The fourth-order valence-corrected chi connectivity index (χ4v) is 4.64. The summed E-state index contributed by atoms with van der Waals surface area (Å²) < 4.78 is 1.70. The van der Waals surface area contributed by atoms with Gasteiger partial charge < -0.3 is 11.1 Å². The van der Waals surface area contributed by atoms with Gasteiger partial charge in [-0.3, -0.25) is 4.79 Å². The second kappa shape index (κ2) is 7.76. The van der Waals surface area contributed by atoms with Crippen LogP contribution in [0.15, 0.2) is 30.9 Å². The standard InChI is InChI=1S/C19H25N5O.ClH/c1-12-7-16(24-11-21-10-22-24)5-6-17(12)19(25)23-18-13-3-2-4-14(18)9-15(20)8-13;/h5-7,10-11,13-15,18H,2-4,8-9,20H2,1H3,(H,23,25);1H. The summed E-state index contributed by atoms with van der Waals surface area (Å²) in [6.45, 7) is 1.97. The third kappa shape index (κ3) is 3.62. The van der Waals surface area contributed by atoms with Gasteiger partial charge in [0.05, 0.1) is 5.69 Å². The molecular formula is C19H26ClN5O. The van der Waals surface area contributed by atoms with Crippen LogP contribution < -0.4 is 11.1 Å². The highest BCUT2D eigenvalue weighted by Gasteiger charge is 2.40. The quantitative estimate of drug-likeness (QED) is 0.863. The number of hydrogen-bond acceptors (Lipinski definition) is 4. The summed E-state index contributed by atoms with van der Waals surface area (Å²) in [4.78, 5) is 16.8. The van der Waals surface area contributed by atoms with Crippen molar-refractivity contribution in [3.05, 3.63) is 42.0 Å². The van der Waals surface area contributed by atoms with E-state index in [4.69, 9.17) is 5.73 Å². The molecule has 0 spiro atoms. The number of halogens is 1. The van der Waals surface area contributed by atoms with Crippen molar-refractivity contribution >= 4 is 18.3 Å². The van der Waals surface area contributed by atoms with Gasteiger partial charge in [-0.2, -0.15) is 5.10 Å². The van der Waals surface area contributed by atoms with E-state index in [2.05, 4.69) is 15.4 Å². The van der Waals surface area contributed by atoms with Gasteiger partial charge in [-0.15, -0.1) is 12.4 Å². The molecule has 0 aliphatic heterocycles. The van der Waals surface area contributed by atoms with Crippen LogP contribution in [0.25, 0.3) is 5.69 Å². The number of benzene rings is 1. The molecule has 1 heterocycles. The predicted molar refractivity (Wildman–Crippen MR) is 103 cm³/mol. The van der Waals surface area contributed by atoms with Crippen molar-refractivity contribution in [2.45, 2.75) is 51.1 Å². The number of aromatic nitrogens is 3. The van der Waals surface area contributed by atoms with Gasteiger partial charge in [0, 0.05) is 17.6 Å². The Bertz CT molecular complexity index is 749. The number of carbonyl (C=O) groups excluding carboxylic acids is 1. The Balaban J connectivity index is 0.00000196. The Morgan fingerprint density at radius 1 is 1.27 bits per heavy atom. The second-order valence-corrected chi connectivity index (χ2v) is 7.52. The van der Waals surface area contributed by atoms with Crippen molar-refractivity contribution < 1.29 is 4.79 Å². The Labute approximate surface area is 160 Å². The molecule has 140 valence electrons. The molecule has 0 radical (unpaired) electrons. The molecular weight excluding hydrogens is 350 g/mol. The van der Waals surface area contributed by atoms with Crippen LogP contribution in [0.5, 0.6) is 0 Å². The van der Waals surface area contributed by atoms with Crippen molar-refractivity contribution in [2.24, 2.45) is 17.6 Å². The lowest BCUT2D eigenvalue weighted by Gasteiger charge is -2.45. The Hall–Kier alpha value is -1.92. The number of nitrogens with one attached hydrogen (secondary N) is 1. The number of nitrogens with zero attached hydrogens (tertiary/aromatic N) is 3. The lowest BCUT2D eigenvalue weighted by molar-refractivity contribution is 0.0755. The van der Waals surface area contributed by atoms with E-state index in [1.165, 1.54) is 25.6 Å². The number of fused-ring (bicyclic) bond motifs is 2. The van der Waals surface area contributed by atoms with Crippen LogP contribution in [0.3, 0.4) is 0 Å². The maximum Gasteiger partial charge on any atom is 0.251 e. The first-order valence-electron chi connectivity index (χ1n) is 9.14. The van der Waals surface area contributed by atoms with Gasteiger partial charge in [0.1, 0.15) is 12.7 Å². The minimum atomic E-state index is 0. The van der Waals surface area contributed by atoms with Gasteiger partial charge in [-0.1, -0.05) is 6.42 Å². The molecule has 2 aliphatic rings. The summed E-state index contributed by atoms with van der Waals surface area (Å²) in [6, 6.07) is 6.34. The van der Waals surface area contributed by atoms with Crippen molar-refractivity contribution in [1.29, 1.82) is 0 Å². The fraction of sp³-hybridized carbons (Fsp3) is 0.526. The maximum atomic E-state index is 12.9. The first-order valence-corrected chi connectivity index (χ1v) is 9.14. The largest absolute Gasteiger partial charge is 0.349 e. The minimum Gasteiger partial charge on any atom is -0.349 e. The normalized spacial score (nSPS) is 27.5. The number of nitrogens with two attached hydrogens (primary N) is 1. The average Bonchev–Trinajstić information content (AvgIpc) is 3.10. The monoisotopic (exact) mass is 375 g/mol. The van der Waals surface area contributed by atoms with Crippen molar-refractivity contribution in [3.8, 4) is 5.69 Å². The molecule has 2 saturated carbocycles. The zero-order valence-electron chi connectivity index (χ0n) is 15.0. The molecule has 2 unspecified atom stereocenters. The number of amides is 1. The van der Waals surface area contributed by atoms with Crippen LogP contribution >= 0.6 is 12.4 Å². The van der Waals surface area contributed by atoms with Crippen LogP contribution in [0.4, 0.5) is 0 Å². The molecule has 2 fully saturated rings. The average molecular weight is 376 g/mol. The molecule has 7 heteroatoms. The van der Waals surface area contributed by atoms with Gasteiger partial charge in [0.25, 0.3) is 5.91 Å². The van der Waals surface area contributed by atoms with Gasteiger partial charge in [-0.25, -0.2) is 9.67 Å². The summed E-state index contributed by atoms with van der Waals surface area (Å²) in [5, 5.41) is 7.46. The highest BCUT2D eigenvalue weighted by atomic mass is 35.5. The highest BCUT2D eigenvalue weighted by molar-refractivity contribution is 5.96. The first-order chi connectivity index (χ1) is 12.1. The molecule has 26 heavy (non-hydrogen) atoms. The third-order valence-corrected chi connectivity index (χ3v) is 5.81. The molecule has 0 saturated heterocycles. The smallest absolute Gasteiger partial charge is 0.251 e. The zero-order chi connectivity index (χ0) is 17.4. The number of carbonyl (C=O) groups is 1. The van der Waals surface area contributed by atoms with Gasteiger partial charge in [0.2, 0.25) is 0 Å². The van der Waals surface area contributed by atoms with E-state index < -0.39 is 0 Å². The summed E-state index contributed by atoms with van der Waals surface area (Å²) in [6.07, 6.45) is 8.85. The molecule has 2 atom stereocenters. The van der Waals surface area contributed by atoms with Crippen molar-refractivity contribution in [2.75, 3.05) is 0 Å². The van der Waals surface area contributed by atoms with Crippen LogP contribution in [-0.2, 0) is 0 Å². The SMILES string of the molecule is Cc1cc(-n2cncn2)ccc1C(=O)NC1C2CCCC1CC(N)C2.Cl. The lowest BCUT2D eigenvalue weighted by atomic mass is 9.67. The summed E-state index contributed by atoms with van der Waals surface area (Å²) in [5.74, 6) is 1.09. The van der Waals surface area contributed by atoms with Crippen molar-refractivity contribution in [1.82, 2.24) is 20.1 Å². The fourth-order valence-electron chi connectivity index (χ4n) is 4.64. The lowest BCUT2D eigenvalue weighted by Crippen LogP contribution is -2.53. The summed E-state index contributed by atoms with van der Waals surface area (Å²) >= 11 is 0. The topological polar surface area (TPSA) is 85.8 Å².